The minimum absolute atomic E-state index is 0.0638. The predicted molar refractivity (Wildman–Crippen MR) is 123 cm³/mol. The molecule has 35 heavy (non-hydrogen) atoms. The van der Waals surface area contributed by atoms with Crippen LogP contribution in [0.2, 0.25) is 5.02 Å². The molecule has 0 aliphatic heterocycles. The average Bonchev–Trinajstić information content (AvgIpc) is 3.29. The smallest absolute Gasteiger partial charge is 0.338 e. The van der Waals surface area contributed by atoms with E-state index in [4.69, 9.17) is 21.1 Å². The molecule has 0 saturated heterocycles. The van der Waals surface area contributed by atoms with Crippen LogP contribution < -0.4 is 4.74 Å². The number of esters is 1. The van der Waals surface area contributed by atoms with Crippen LogP contribution in [0.3, 0.4) is 0 Å². The summed E-state index contributed by atoms with van der Waals surface area (Å²) < 4.78 is 66.4. The van der Waals surface area contributed by atoms with Crippen LogP contribution in [-0.2, 0) is 11.3 Å². The number of hydrogen-bond donors (Lipinski definition) is 0. The van der Waals surface area contributed by atoms with Crippen molar-refractivity contribution in [2.24, 2.45) is 0 Å². The van der Waals surface area contributed by atoms with Gasteiger partial charge in [-0.05, 0) is 67.2 Å². The Morgan fingerprint density at radius 3 is 2.37 bits per heavy atom. The van der Waals surface area contributed by atoms with Crippen LogP contribution in [0.25, 0.3) is 11.1 Å². The molecular weight excluding hydrogens is 486 g/mol. The van der Waals surface area contributed by atoms with E-state index in [1.165, 1.54) is 12.3 Å². The highest BCUT2D eigenvalue weighted by Gasteiger charge is 2.24. The van der Waals surface area contributed by atoms with Crippen LogP contribution >= 0.6 is 11.6 Å². The van der Waals surface area contributed by atoms with Gasteiger partial charge >= 0.3 is 5.97 Å². The highest BCUT2D eigenvalue weighted by atomic mass is 35.5. The molecule has 0 atom stereocenters. The van der Waals surface area contributed by atoms with E-state index in [0.717, 1.165) is 23.6 Å². The molecule has 0 amide bonds. The summed E-state index contributed by atoms with van der Waals surface area (Å²) in [5.41, 5.74) is 2.15. The van der Waals surface area contributed by atoms with E-state index in [2.05, 4.69) is 4.98 Å². The van der Waals surface area contributed by atoms with Crippen LogP contribution in [-0.4, -0.2) is 17.6 Å². The number of ether oxygens (including phenoxy) is 2. The molecule has 0 N–H and O–H groups in total. The van der Waals surface area contributed by atoms with Gasteiger partial charge in [-0.25, -0.2) is 27.3 Å². The standard InChI is InChI=1S/C26H20ClF4NO3/c1-2-34-26(33)15-6-14(7-17(28)8-15)19-4-3-5-20(19)21-9-16(27)12-32-25(21)35-13-22-23(30)10-18(29)11-24(22)31/h6-12H,2-5,13H2,1H3. The Morgan fingerprint density at radius 2 is 1.66 bits per heavy atom. The Hall–Kier alpha value is -3.39. The first-order chi connectivity index (χ1) is 16.8. The van der Waals surface area contributed by atoms with Crippen LogP contribution in [0.1, 0.15) is 53.2 Å². The molecule has 1 aromatic heterocycles. The predicted octanol–water partition coefficient (Wildman–Crippen LogP) is 7.14. The molecule has 0 spiro atoms. The molecule has 0 fully saturated rings. The number of hydrogen-bond acceptors (Lipinski definition) is 4. The average molecular weight is 506 g/mol. The first-order valence-corrected chi connectivity index (χ1v) is 11.3. The summed E-state index contributed by atoms with van der Waals surface area (Å²) in [7, 11) is 0. The van der Waals surface area contributed by atoms with Gasteiger partial charge in [0.25, 0.3) is 0 Å². The summed E-state index contributed by atoms with van der Waals surface area (Å²) in [6.45, 7) is 1.28. The van der Waals surface area contributed by atoms with Crippen LogP contribution in [0.5, 0.6) is 5.88 Å². The van der Waals surface area contributed by atoms with Crippen molar-refractivity contribution in [3.8, 4) is 5.88 Å². The number of allylic oxidation sites excluding steroid dienone is 2. The van der Waals surface area contributed by atoms with Gasteiger partial charge in [-0.3, -0.25) is 0 Å². The fourth-order valence-electron chi connectivity index (χ4n) is 4.06. The molecule has 4 nitrogen and oxygen atoms in total. The normalized spacial score (nSPS) is 13.3. The molecule has 9 heteroatoms. The van der Waals surface area contributed by atoms with E-state index in [-0.39, 0.29) is 18.1 Å². The summed E-state index contributed by atoms with van der Waals surface area (Å²) in [5.74, 6) is -4.35. The van der Waals surface area contributed by atoms with Gasteiger partial charge in [0.05, 0.1) is 22.8 Å². The first-order valence-electron chi connectivity index (χ1n) is 10.9. The van der Waals surface area contributed by atoms with Gasteiger partial charge in [-0.2, -0.15) is 0 Å². The summed E-state index contributed by atoms with van der Waals surface area (Å²) >= 11 is 6.18. The molecule has 0 saturated carbocycles. The Bertz CT molecular complexity index is 1300. The summed E-state index contributed by atoms with van der Waals surface area (Å²) in [5, 5.41) is 0.302. The molecule has 1 aliphatic carbocycles. The van der Waals surface area contributed by atoms with Crippen molar-refractivity contribution in [1.82, 2.24) is 4.98 Å². The molecule has 1 heterocycles. The monoisotopic (exact) mass is 505 g/mol. The highest BCUT2D eigenvalue weighted by Crippen LogP contribution is 2.43. The fourth-order valence-corrected chi connectivity index (χ4v) is 4.22. The second kappa shape index (κ2) is 10.5. The van der Waals surface area contributed by atoms with Crippen LogP contribution in [0, 0.1) is 23.3 Å². The van der Waals surface area contributed by atoms with Crippen molar-refractivity contribution in [3.63, 3.8) is 0 Å². The maximum absolute atomic E-state index is 14.4. The quantitative estimate of drug-likeness (QED) is 0.253. The van der Waals surface area contributed by atoms with E-state index in [9.17, 15) is 22.4 Å². The molecule has 0 unspecified atom stereocenters. The zero-order valence-electron chi connectivity index (χ0n) is 18.6. The summed E-state index contributed by atoms with van der Waals surface area (Å²) in [6, 6.07) is 6.74. The van der Waals surface area contributed by atoms with E-state index < -0.39 is 41.4 Å². The van der Waals surface area contributed by atoms with Crippen molar-refractivity contribution in [2.45, 2.75) is 32.8 Å². The number of benzene rings is 2. The number of carbonyl (C=O) groups excluding carboxylic acids is 1. The number of pyridine rings is 1. The van der Waals surface area contributed by atoms with Crippen molar-refractivity contribution in [2.75, 3.05) is 6.61 Å². The molecular formula is C26H20ClF4NO3. The number of halogens is 5. The second-order valence-electron chi connectivity index (χ2n) is 7.90. The number of rotatable bonds is 7. The van der Waals surface area contributed by atoms with Crippen molar-refractivity contribution >= 4 is 28.7 Å². The zero-order valence-corrected chi connectivity index (χ0v) is 19.4. The number of nitrogens with zero attached hydrogens (tertiary/aromatic N) is 1. The maximum Gasteiger partial charge on any atom is 0.338 e. The lowest BCUT2D eigenvalue weighted by Gasteiger charge is -2.15. The van der Waals surface area contributed by atoms with Crippen LogP contribution in [0.15, 0.2) is 42.6 Å². The Kier molecular flexibility index (Phi) is 7.40. The van der Waals surface area contributed by atoms with Crippen molar-refractivity contribution < 1.29 is 31.8 Å². The maximum atomic E-state index is 14.4. The SMILES string of the molecule is CCOC(=O)c1cc(F)cc(C2=C(c3cc(Cl)cnc3OCc3c(F)cc(F)cc3F)CCC2)c1. The Labute approximate surface area is 204 Å². The molecule has 0 bridgehead atoms. The van der Waals surface area contributed by atoms with Gasteiger partial charge in [0.1, 0.15) is 29.9 Å². The summed E-state index contributed by atoms with van der Waals surface area (Å²) in [4.78, 5) is 16.3. The molecule has 3 aromatic rings. The van der Waals surface area contributed by atoms with E-state index >= 15 is 0 Å². The summed E-state index contributed by atoms with van der Waals surface area (Å²) in [6.07, 6.45) is 3.24. The van der Waals surface area contributed by atoms with Gasteiger partial charge in [0, 0.05) is 23.9 Å². The van der Waals surface area contributed by atoms with Gasteiger partial charge in [-0.15, -0.1) is 0 Å². The minimum Gasteiger partial charge on any atom is -0.472 e. The lowest BCUT2D eigenvalue weighted by Crippen LogP contribution is -2.06. The molecule has 4 rings (SSSR count). The van der Waals surface area contributed by atoms with Gasteiger partial charge in [0.15, 0.2) is 0 Å². The van der Waals surface area contributed by atoms with Crippen LogP contribution in [0.4, 0.5) is 17.6 Å². The lowest BCUT2D eigenvalue weighted by atomic mass is 9.96. The molecule has 182 valence electrons. The highest BCUT2D eigenvalue weighted by molar-refractivity contribution is 6.30. The van der Waals surface area contributed by atoms with Gasteiger partial charge < -0.3 is 9.47 Å². The number of carbonyl (C=O) groups is 1. The van der Waals surface area contributed by atoms with Gasteiger partial charge in [-0.1, -0.05) is 11.6 Å². The van der Waals surface area contributed by atoms with Crippen molar-refractivity contribution in [1.29, 1.82) is 0 Å². The molecule has 1 aliphatic rings. The number of aromatic nitrogens is 1. The van der Waals surface area contributed by atoms with Crippen molar-refractivity contribution in [3.05, 3.63) is 93.1 Å². The Morgan fingerprint density at radius 1 is 0.971 bits per heavy atom. The Balaban J connectivity index is 1.73. The van der Waals surface area contributed by atoms with Gasteiger partial charge in [0.2, 0.25) is 5.88 Å². The van der Waals surface area contributed by atoms with E-state index in [0.29, 0.717) is 41.1 Å². The van der Waals surface area contributed by atoms with E-state index in [1.54, 1.807) is 19.1 Å². The lowest BCUT2D eigenvalue weighted by molar-refractivity contribution is 0.0525. The third-order valence-electron chi connectivity index (χ3n) is 5.58. The molecule has 2 aromatic carbocycles. The first kappa shape index (κ1) is 24.7. The minimum atomic E-state index is -1.08. The third kappa shape index (κ3) is 5.48. The largest absolute Gasteiger partial charge is 0.472 e. The molecule has 0 radical (unpaired) electrons. The topological polar surface area (TPSA) is 48.4 Å². The second-order valence-corrected chi connectivity index (χ2v) is 8.34. The van der Waals surface area contributed by atoms with E-state index in [1.807, 2.05) is 0 Å². The zero-order chi connectivity index (χ0) is 25.1. The fraction of sp³-hybridized carbons (Fsp3) is 0.231. The third-order valence-corrected chi connectivity index (χ3v) is 5.78.